The molecule has 4 rings (SSSR count). The van der Waals surface area contributed by atoms with Gasteiger partial charge in [0, 0.05) is 25.4 Å². The van der Waals surface area contributed by atoms with Gasteiger partial charge in [0.05, 0.1) is 11.9 Å². The molecule has 0 spiro atoms. The number of hydrogen-bond acceptors (Lipinski definition) is 6. The van der Waals surface area contributed by atoms with Crippen molar-refractivity contribution in [2.75, 3.05) is 13.1 Å². The molecular formula is C16H19F3N6O2. The number of carbonyl (C=O) groups excluding carboxylic acids is 1. The summed E-state index contributed by atoms with van der Waals surface area (Å²) in [6, 6.07) is 0. The van der Waals surface area contributed by atoms with Crippen molar-refractivity contribution in [3.8, 4) is 0 Å². The molecule has 0 aromatic carbocycles. The topological polar surface area (TPSA) is 101 Å². The first-order chi connectivity index (χ1) is 12.9. The molecule has 1 saturated heterocycles. The van der Waals surface area contributed by atoms with E-state index in [1.165, 1.54) is 4.90 Å². The summed E-state index contributed by atoms with van der Waals surface area (Å²) in [5.41, 5.74) is -1.57. The van der Waals surface area contributed by atoms with Crippen LogP contribution in [-0.4, -0.2) is 55.6 Å². The summed E-state index contributed by atoms with van der Waals surface area (Å²) in [7, 11) is 0. The lowest BCUT2D eigenvalue weighted by molar-refractivity contribution is -0.193. The molecule has 1 amide bonds. The average Bonchev–Trinajstić information content (AvgIpc) is 3.08. The molecule has 8 nitrogen and oxygen atoms in total. The zero-order valence-electron chi connectivity index (χ0n) is 14.5. The highest BCUT2D eigenvalue weighted by molar-refractivity contribution is 5.76. The number of amides is 1. The number of alkyl halides is 3. The summed E-state index contributed by atoms with van der Waals surface area (Å²) in [5, 5.41) is 13.8. The van der Waals surface area contributed by atoms with E-state index in [-0.39, 0.29) is 31.2 Å². The highest BCUT2D eigenvalue weighted by Gasteiger charge is 2.63. The van der Waals surface area contributed by atoms with E-state index >= 15 is 0 Å². The van der Waals surface area contributed by atoms with E-state index in [0.29, 0.717) is 24.4 Å². The largest absolute Gasteiger partial charge is 0.405 e. The van der Waals surface area contributed by atoms with Gasteiger partial charge in [-0.15, -0.1) is 0 Å². The van der Waals surface area contributed by atoms with Crippen LogP contribution in [0.5, 0.6) is 0 Å². The maximum absolute atomic E-state index is 13.9. The van der Waals surface area contributed by atoms with Crippen molar-refractivity contribution in [1.29, 1.82) is 0 Å². The lowest BCUT2D eigenvalue weighted by Crippen LogP contribution is -2.46. The van der Waals surface area contributed by atoms with E-state index in [0.717, 1.165) is 12.8 Å². The first-order valence-corrected chi connectivity index (χ1v) is 8.92. The van der Waals surface area contributed by atoms with Crippen molar-refractivity contribution in [3.63, 3.8) is 0 Å². The van der Waals surface area contributed by atoms with Crippen LogP contribution in [-0.2, 0) is 16.6 Å². The minimum Gasteiger partial charge on any atom is -0.341 e. The van der Waals surface area contributed by atoms with Gasteiger partial charge in [0.1, 0.15) is 0 Å². The van der Waals surface area contributed by atoms with E-state index in [9.17, 15) is 18.0 Å². The predicted molar refractivity (Wildman–Crippen MR) is 84.5 cm³/mol. The monoisotopic (exact) mass is 384 g/mol. The van der Waals surface area contributed by atoms with Gasteiger partial charge in [0.25, 0.3) is 0 Å². The minimum atomic E-state index is -4.57. The van der Waals surface area contributed by atoms with E-state index < -0.39 is 24.0 Å². The maximum Gasteiger partial charge on any atom is 0.405 e. The Labute approximate surface area is 152 Å². The summed E-state index contributed by atoms with van der Waals surface area (Å²) >= 11 is 0. The van der Waals surface area contributed by atoms with Gasteiger partial charge in [-0.25, -0.2) is 0 Å². The molecule has 1 aliphatic heterocycles. The number of carbonyl (C=O) groups is 1. The highest BCUT2D eigenvalue weighted by Crippen LogP contribution is 2.48. The van der Waals surface area contributed by atoms with Gasteiger partial charge < -0.3 is 9.42 Å². The molecule has 11 heteroatoms. The molecule has 0 radical (unpaired) electrons. The molecule has 2 fully saturated rings. The van der Waals surface area contributed by atoms with Crippen LogP contribution in [0.1, 0.15) is 55.4 Å². The first-order valence-electron chi connectivity index (χ1n) is 8.92. The van der Waals surface area contributed by atoms with Crippen LogP contribution in [0.4, 0.5) is 13.2 Å². The molecule has 2 aromatic heterocycles. The van der Waals surface area contributed by atoms with Gasteiger partial charge >= 0.3 is 6.18 Å². The van der Waals surface area contributed by atoms with Gasteiger partial charge in [0.15, 0.2) is 11.2 Å². The zero-order valence-corrected chi connectivity index (χ0v) is 14.5. The number of aromatic nitrogens is 5. The van der Waals surface area contributed by atoms with Gasteiger partial charge in [-0.2, -0.15) is 33.6 Å². The molecule has 27 heavy (non-hydrogen) atoms. The maximum atomic E-state index is 13.9. The fourth-order valence-corrected chi connectivity index (χ4v) is 3.41. The fourth-order valence-electron chi connectivity index (χ4n) is 3.41. The Morgan fingerprint density at radius 1 is 1.41 bits per heavy atom. The van der Waals surface area contributed by atoms with E-state index in [1.807, 2.05) is 0 Å². The minimum absolute atomic E-state index is 0.0173. The van der Waals surface area contributed by atoms with Crippen LogP contribution in [0, 0.1) is 0 Å². The molecule has 1 saturated carbocycles. The van der Waals surface area contributed by atoms with Crippen LogP contribution in [0.3, 0.4) is 0 Å². The second-order valence-corrected chi connectivity index (χ2v) is 7.19. The highest BCUT2D eigenvalue weighted by atomic mass is 19.4. The second-order valence-electron chi connectivity index (χ2n) is 7.19. The number of nitrogens with zero attached hydrogens (tertiary/aromatic N) is 5. The molecule has 1 atom stereocenters. The van der Waals surface area contributed by atoms with Crippen molar-refractivity contribution < 1.29 is 22.5 Å². The number of hydrogen-bond donors (Lipinski definition) is 1. The Kier molecular flexibility index (Phi) is 4.39. The van der Waals surface area contributed by atoms with Crippen molar-refractivity contribution in [2.24, 2.45) is 0 Å². The van der Waals surface area contributed by atoms with Crippen molar-refractivity contribution in [1.82, 2.24) is 30.5 Å². The smallest absolute Gasteiger partial charge is 0.341 e. The predicted octanol–water partition coefficient (Wildman–Crippen LogP) is 2.12. The van der Waals surface area contributed by atoms with Crippen LogP contribution < -0.4 is 0 Å². The Bertz CT molecular complexity index is 801. The van der Waals surface area contributed by atoms with Crippen LogP contribution in [0.25, 0.3) is 0 Å². The Balaban J connectivity index is 1.43. The van der Waals surface area contributed by atoms with Crippen LogP contribution in [0.15, 0.2) is 10.7 Å². The quantitative estimate of drug-likeness (QED) is 0.819. The van der Waals surface area contributed by atoms with E-state index in [2.05, 4.69) is 25.6 Å². The third-order valence-electron chi connectivity index (χ3n) is 5.25. The normalized spacial score (nSPS) is 23.1. The van der Waals surface area contributed by atoms with E-state index in [4.69, 9.17) is 4.52 Å². The molecule has 1 N–H and O–H groups in total. The molecule has 2 aliphatic rings. The molecule has 3 heterocycles. The molecule has 146 valence electrons. The van der Waals surface area contributed by atoms with Gasteiger partial charge in [-0.1, -0.05) is 5.16 Å². The first kappa shape index (κ1) is 17.9. The third-order valence-corrected chi connectivity index (χ3v) is 5.25. The summed E-state index contributed by atoms with van der Waals surface area (Å²) < 4.78 is 46.8. The lowest BCUT2D eigenvalue weighted by Gasteiger charge is -2.28. The molecule has 2 aromatic rings. The summed E-state index contributed by atoms with van der Waals surface area (Å²) in [4.78, 5) is 17.7. The molecular weight excluding hydrogens is 365 g/mol. The Morgan fingerprint density at radius 3 is 2.89 bits per heavy atom. The number of likely N-dealkylation sites (tertiary alicyclic amines) is 1. The summed E-state index contributed by atoms with van der Waals surface area (Å²) in [6.45, 7) is -0.463. The fraction of sp³-hybridized carbons (Fsp3) is 0.688. The summed E-state index contributed by atoms with van der Waals surface area (Å²) in [6.07, 6.45) is -0.363. The second kappa shape index (κ2) is 6.61. The van der Waals surface area contributed by atoms with Crippen LogP contribution in [0.2, 0.25) is 0 Å². The zero-order chi connectivity index (χ0) is 19.1. The van der Waals surface area contributed by atoms with Gasteiger partial charge in [-0.05, 0) is 32.1 Å². The number of aromatic amines is 1. The number of H-pyrrole nitrogens is 1. The van der Waals surface area contributed by atoms with Crippen molar-refractivity contribution >= 4 is 5.91 Å². The Morgan fingerprint density at radius 2 is 2.22 bits per heavy atom. The number of aryl methyl sites for hydroxylation is 1. The van der Waals surface area contributed by atoms with Crippen LogP contribution >= 0.6 is 0 Å². The number of halogens is 3. The SMILES string of the molecule is O=C(CCCc1cn[nH]n1)N1CCC(c2nc(C3CC3)no2)(C(F)(F)F)C1. The molecule has 0 bridgehead atoms. The number of rotatable bonds is 6. The van der Waals surface area contributed by atoms with Crippen molar-refractivity contribution in [3.05, 3.63) is 23.6 Å². The number of nitrogens with one attached hydrogen (secondary N) is 1. The van der Waals surface area contributed by atoms with Gasteiger partial charge in [-0.3, -0.25) is 4.79 Å². The average molecular weight is 384 g/mol. The standard InChI is InChI=1S/C16H19F3N6O2/c17-16(18,19)15(14-21-13(23-27-14)10-4-5-10)6-7-25(9-15)12(26)3-1-2-11-8-20-24-22-11/h8,10H,1-7,9H2,(H,20,22,24). The Hall–Kier alpha value is -2.46. The van der Waals surface area contributed by atoms with E-state index in [1.54, 1.807) is 6.20 Å². The molecule has 1 unspecified atom stereocenters. The summed E-state index contributed by atoms with van der Waals surface area (Å²) in [5.74, 6) is -0.296. The third kappa shape index (κ3) is 3.42. The van der Waals surface area contributed by atoms with Gasteiger partial charge in [0.2, 0.25) is 11.8 Å². The van der Waals surface area contributed by atoms with Crippen molar-refractivity contribution in [2.45, 2.75) is 56.0 Å². The molecule has 1 aliphatic carbocycles. The lowest BCUT2D eigenvalue weighted by atomic mass is 9.86.